The molecule has 2 rings (SSSR count). The van der Waals surface area contributed by atoms with E-state index in [-0.39, 0.29) is 11.9 Å². The fourth-order valence-electron chi connectivity index (χ4n) is 2.00. The van der Waals surface area contributed by atoms with Crippen molar-refractivity contribution in [2.45, 2.75) is 31.5 Å². The number of aliphatic hydroxyl groups is 1. The summed E-state index contributed by atoms with van der Waals surface area (Å²) in [6.07, 6.45) is 0.618. The SMILES string of the molecule is CC1OCCC1(O)Cc1ccc(Br)cc1F. The van der Waals surface area contributed by atoms with Crippen molar-refractivity contribution in [3.05, 3.63) is 34.1 Å². The molecule has 4 heteroatoms. The average Bonchev–Trinajstić information content (AvgIpc) is 2.52. The van der Waals surface area contributed by atoms with Gasteiger partial charge in [0, 0.05) is 23.9 Å². The molecule has 1 fully saturated rings. The lowest BCUT2D eigenvalue weighted by Crippen LogP contribution is -2.38. The van der Waals surface area contributed by atoms with E-state index in [0.29, 0.717) is 29.5 Å². The van der Waals surface area contributed by atoms with Crippen molar-refractivity contribution in [1.29, 1.82) is 0 Å². The smallest absolute Gasteiger partial charge is 0.127 e. The van der Waals surface area contributed by atoms with Gasteiger partial charge in [0.05, 0.1) is 11.7 Å². The van der Waals surface area contributed by atoms with Gasteiger partial charge in [-0.25, -0.2) is 4.39 Å². The normalized spacial score (nSPS) is 29.6. The number of halogens is 2. The second-order valence-corrected chi connectivity index (χ2v) is 5.19. The molecule has 2 nitrogen and oxygen atoms in total. The zero-order chi connectivity index (χ0) is 11.8. The van der Waals surface area contributed by atoms with Crippen LogP contribution in [0.4, 0.5) is 4.39 Å². The van der Waals surface area contributed by atoms with E-state index < -0.39 is 5.60 Å². The number of hydrogen-bond acceptors (Lipinski definition) is 2. The zero-order valence-corrected chi connectivity index (χ0v) is 10.6. The molecule has 0 radical (unpaired) electrons. The summed E-state index contributed by atoms with van der Waals surface area (Å²) < 4.78 is 19.6. The van der Waals surface area contributed by atoms with E-state index in [9.17, 15) is 9.50 Å². The van der Waals surface area contributed by atoms with Crippen LogP contribution in [0.2, 0.25) is 0 Å². The van der Waals surface area contributed by atoms with Crippen LogP contribution in [0.15, 0.2) is 22.7 Å². The number of benzene rings is 1. The Morgan fingerprint density at radius 3 is 2.94 bits per heavy atom. The minimum atomic E-state index is -0.936. The van der Waals surface area contributed by atoms with E-state index in [1.54, 1.807) is 12.1 Å². The highest BCUT2D eigenvalue weighted by molar-refractivity contribution is 9.10. The Labute approximate surface area is 103 Å². The van der Waals surface area contributed by atoms with Crippen molar-refractivity contribution in [3.8, 4) is 0 Å². The topological polar surface area (TPSA) is 29.5 Å². The molecule has 0 spiro atoms. The van der Waals surface area contributed by atoms with Gasteiger partial charge in [-0.3, -0.25) is 0 Å². The van der Waals surface area contributed by atoms with Crippen LogP contribution in [-0.2, 0) is 11.2 Å². The van der Waals surface area contributed by atoms with Crippen LogP contribution < -0.4 is 0 Å². The van der Waals surface area contributed by atoms with Gasteiger partial charge in [0.25, 0.3) is 0 Å². The summed E-state index contributed by atoms with van der Waals surface area (Å²) >= 11 is 3.21. The average molecular weight is 289 g/mol. The molecule has 0 amide bonds. The van der Waals surface area contributed by atoms with Crippen LogP contribution in [0, 0.1) is 5.82 Å². The van der Waals surface area contributed by atoms with Gasteiger partial charge in [0.15, 0.2) is 0 Å². The fraction of sp³-hybridized carbons (Fsp3) is 0.500. The van der Waals surface area contributed by atoms with Gasteiger partial charge in [0.1, 0.15) is 5.82 Å². The summed E-state index contributed by atoms with van der Waals surface area (Å²) in [5.41, 5.74) is -0.405. The molecule has 88 valence electrons. The minimum absolute atomic E-state index is 0.240. The lowest BCUT2D eigenvalue weighted by molar-refractivity contribution is -0.0273. The van der Waals surface area contributed by atoms with Crippen LogP contribution in [-0.4, -0.2) is 23.4 Å². The molecule has 0 aromatic heterocycles. The van der Waals surface area contributed by atoms with Crippen LogP contribution >= 0.6 is 15.9 Å². The molecule has 16 heavy (non-hydrogen) atoms. The Kier molecular flexibility index (Phi) is 3.33. The molecule has 1 aromatic rings. The van der Waals surface area contributed by atoms with E-state index in [1.165, 1.54) is 6.07 Å². The van der Waals surface area contributed by atoms with Crippen LogP contribution in [0.3, 0.4) is 0 Å². The first-order chi connectivity index (χ1) is 7.51. The molecule has 1 N–H and O–H groups in total. The second-order valence-electron chi connectivity index (χ2n) is 4.28. The summed E-state index contributed by atoms with van der Waals surface area (Å²) in [6.45, 7) is 2.36. The highest BCUT2D eigenvalue weighted by Gasteiger charge is 2.39. The number of rotatable bonds is 2. The summed E-state index contributed by atoms with van der Waals surface area (Å²) in [7, 11) is 0. The van der Waals surface area contributed by atoms with E-state index in [4.69, 9.17) is 4.74 Å². The van der Waals surface area contributed by atoms with Crippen molar-refractivity contribution in [1.82, 2.24) is 0 Å². The van der Waals surface area contributed by atoms with Crippen LogP contribution in [0.1, 0.15) is 18.9 Å². The third-order valence-corrected chi connectivity index (χ3v) is 3.66. The van der Waals surface area contributed by atoms with Crippen LogP contribution in [0.25, 0.3) is 0 Å². The Hall–Kier alpha value is -0.450. The number of hydrogen-bond donors (Lipinski definition) is 1. The first kappa shape index (κ1) is 12.0. The molecule has 1 heterocycles. The van der Waals surface area contributed by atoms with E-state index in [0.717, 1.165) is 0 Å². The summed E-state index contributed by atoms with van der Waals surface area (Å²) in [4.78, 5) is 0. The minimum Gasteiger partial charge on any atom is -0.387 e. The fourth-order valence-corrected chi connectivity index (χ4v) is 2.33. The lowest BCUT2D eigenvalue weighted by atomic mass is 9.89. The lowest BCUT2D eigenvalue weighted by Gasteiger charge is -2.26. The third kappa shape index (κ3) is 2.29. The van der Waals surface area contributed by atoms with Crippen molar-refractivity contribution >= 4 is 15.9 Å². The standard InChI is InChI=1S/C12H14BrFO2/c1-8-12(15,4-5-16-8)7-9-2-3-10(13)6-11(9)14/h2-3,6,8,15H,4-5,7H2,1H3. The second kappa shape index (κ2) is 4.43. The van der Waals surface area contributed by atoms with Gasteiger partial charge in [-0.1, -0.05) is 22.0 Å². The highest BCUT2D eigenvalue weighted by atomic mass is 79.9. The molecule has 2 atom stereocenters. The Bertz CT molecular complexity index is 397. The molecule has 1 aromatic carbocycles. The van der Waals surface area contributed by atoms with Crippen molar-refractivity contribution in [2.75, 3.05) is 6.61 Å². The van der Waals surface area contributed by atoms with Gasteiger partial charge < -0.3 is 9.84 Å². The van der Waals surface area contributed by atoms with Gasteiger partial charge >= 0.3 is 0 Å². The molecule has 0 bridgehead atoms. The number of ether oxygens (including phenoxy) is 1. The van der Waals surface area contributed by atoms with Crippen molar-refractivity contribution < 1.29 is 14.2 Å². The first-order valence-electron chi connectivity index (χ1n) is 5.29. The molecular weight excluding hydrogens is 275 g/mol. The highest BCUT2D eigenvalue weighted by Crippen LogP contribution is 2.30. The molecular formula is C12H14BrFO2. The third-order valence-electron chi connectivity index (χ3n) is 3.17. The zero-order valence-electron chi connectivity index (χ0n) is 9.04. The van der Waals surface area contributed by atoms with E-state index in [2.05, 4.69) is 15.9 Å². The van der Waals surface area contributed by atoms with Gasteiger partial charge in [-0.2, -0.15) is 0 Å². The van der Waals surface area contributed by atoms with Gasteiger partial charge in [0.2, 0.25) is 0 Å². The Morgan fingerprint density at radius 1 is 1.62 bits per heavy atom. The monoisotopic (exact) mass is 288 g/mol. The Balaban J connectivity index is 2.20. The predicted molar refractivity (Wildman–Crippen MR) is 62.8 cm³/mol. The van der Waals surface area contributed by atoms with Crippen molar-refractivity contribution in [2.24, 2.45) is 0 Å². The largest absolute Gasteiger partial charge is 0.387 e. The maximum absolute atomic E-state index is 13.6. The molecule has 0 saturated carbocycles. The molecule has 1 aliphatic rings. The van der Waals surface area contributed by atoms with Gasteiger partial charge in [-0.05, 0) is 24.6 Å². The molecule has 0 aliphatic carbocycles. The van der Waals surface area contributed by atoms with E-state index in [1.807, 2.05) is 6.92 Å². The van der Waals surface area contributed by atoms with Crippen LogP contribution in [0.5, 0.6) is 0 Å². The molecule has 1 saturated heterocycles. The first-order valence-corrected chi connectivity index (χ1v) is 6.08. The van der Waals surface area contributed by atoms with Crippen molar-refractivity contribution in [3.63, 3.8) is 0 Å². The quantitative estimate of drug-likeness (QED) is 0.907. The molecule has 2 unspecified atom stereocenters. The summed E-state index contributed by atoms with van der Waals surface area (Å²) in [5, 5.41) is 10.3. The maximum Gasteiger partial charge on any atom is 0.127 e. The summed E-state index contributed by atoms with van der Waals surface area (Å²) in [5.74, 6) is -0.290. The molecule has 1 aliphatic heterocycles. The summed E-state index contributed by atoms with van der Waals surface area (Å²) in [6, 6.07) is 4.89. The van der Waals surface area contributed by atoms with Gasteiger partial charge in [-0.15, -0.1) is 0 Å². The van der Waals surface area contributed by atoms with E-state index >= 15 is 0 Å². The maximum atomic E-state index is 13.6. The Morgan fingerprint density at radius 2 is 2.38 bits per heavy atom. The predicted octanol–water partition coefficient (Wildman–Crippen LogP) is 2.67.